The summed E-state index contributed by atoms with van der Waals surface area (Å²) in [6.07, 6.45) is 1.52. The number of nitrogens with one attached hydrogen (secondary N) is 1. The van der Waals surface area contributed by atoms with Crippen LogP contribution in [0, 0.1) is 11.6 Å². The first kappa shape index (κ1) is 20.5. The van der Waals surface area contributed by atoms with Crippen molar-refractivity contribution in [3.63, 3.8) is 0 Å². The molecule has 2 heterocycles. The molecular weight excluding hydrogens is 402 g/mol. The number of hydrogen-bond donors (Lipinski definition) is 1. The van der Waals surface area contributed by atoms with E-state index in [2.05, 4.69) is 10.3 Å². The number of benzene rings is 2. The maximum absolute atomic E-state index is 13.2. The molecule has 1 aliphatic rings. The molecule has 6 nitrogen and oxygen atoms in total. The number of rotatable bonds is 6. The first-order chi connectivity index (χ1) is 15.0. The molecule has 0 spiro atoms. The molecule has 0 atom stereocenters. The molecule has 0 aliphatic carbocycles. The Balaban J connectivity index is 1.35. The third-order valence-electron chi connectivity index (χ3n) is 4.94. The van der Waals surface area contributed by atoms with E-state index in [9.17, 15) is 18.4 Å². The molecule has 158 valence electrons. The van der Waals surface area contributed by atoms with Crippen LogP contribution in [0.1, 0.15) is 11.1 Å². The highest BCUT2D eigenvalue weighted by Gasteiger charge is 2.30. The Bertz CT molecular complexity index is 1090. The van der Waals surface area contributed by atoms with Crippen LogP contribution in [-0.4, -0.2) is 34.9 Å². The summed E-state index contributed by atoms with van der Waals surface area (Å²) in [7, 11) is 0. The highest BCUT2D eigenvalue weighted by atomic mass is 19.1. The number of pyridine rings is 1. The highest BCUT2D eigenvalue weighted by Crippen LogP contribution is 2.21. The lowest BCUT2D eigenvalue weighted by atomic mass is 10.1. The average molecular weight is 422 g/mol. The lowest BCUT2D eigenvalue weighted by Gasteiger charge is -2.18. The maximum Gasteiger partial charge on any atom is 0.326 e. The summed E-state index contributed by atoms with van der Waals surface area (Å²) in [5.41, 5.74) is 1.91. The zero-order chi connectivity index (χ0) is 21.8. The van der Waals surface area contributed by atoms with Crippen molar-refractivity contribution in [1.29, 1.82) is 0 Å². The third kappa shape index (κ3) is 5.03. The molecule has 1 aromatic heterocycles. The topological polar surface area (TPSA) is 65.5 Å². The van der Waals surface area contributed by atoms with E-state index in [1.807, 2.05) is 0 Å². The summed E-state index contributed by atoms with van der Waals surface area (Å²) in [6.45, 7) is 1.41. The lowest BCUT2D eigenvalue weighted by molar-refractivity contribution is -0.115. The molecule has 0 unspecified atom stereocenters. The monoisotopic (exact) mass is 422 g/mol. The van der Waals surface area contributed by atoms with E-state index < -0.39 is 0 Å². The van der Waals surface area contributed by atoms with Crippen molar-refractivity contribution < 1.29 is 18.4 Å². The van der Waals surface area contributed by atoms with Crippen molar-refractivity contribution in [2.24, 2.45) is 0 Å². The minimum atomic E-state index is -0.389. The van der Waals surface area contributed by atoms with Gasteiger partial charge in [0.15, 0.2) is 0 Å². The summed E-state index contributed by atoms with van der Waals surface area (Å²) in [5.74, 6) is -0.511. The second-order valence-corrected chi connectivity index (χ2v) is 7.24. The summed E-state index contributed by atoms with van der Waals surface area (Å²) < 4.78 is 26.3. The highest BCUT2D eigenvalue weighted by molar-refractivity contribution is 5.94. The SMILES string of the molecule is O=C(Cc1cccc(F)c1)Nc1ccc(N2CCN(Cc3ccc(F)cc3)C2=O)nc1. The second-order valence-electron chi connectivity index (χ2n) is 7.24. The lowest BCUT2D eigenvalue weighted by Crippen LogP contribution is -2.31. The molecule has 3 aromatic rings. The number of carbonyl (C=O) groups excluding carboxylic acids is 2. The first-order valence-electron chi connectivity index (χ1n) is 9.79. The summed E-state index contributed by atoms with van der Waals surface area (Å²) in [5, 5.41) is 2.72. The Kier molecular flexibility index (Phi) is 5.88. The fourth-order valence-corrected chi connectivity index (χ4v) is 3.41. The van der Waals surface area contributed by atoms with Crippen molar-refractivity contribution in [2.75, 3.05) is 23.3 Å². The predicted octanol–water partition coefficient (Wildman–Crippen LogP) is 3.98. The smallest absolute Gasteiger partial charge is 0.324 e. The van der Waals surface area contributed by atoms with Crippen LogP contribution in [0.3, 0.4) is 0 Å². The van der Waals surface area contributed by atoms with Gasteiger partial charge in [0.25, 0.3) is 0 Å². The number of aromatic nitrogens is 1. The van der Waals surface area contributed by atoms with Crippen molar-refractivity contribution >= 4 is 23.4 Å². The van der Waals surface area contributed by atoms with Gasteiger partial charge in [-0.25, -0.2) is 18.6 Å². The number of carbonyl (C=O) groups is 2. The Hall–Kier alpha value is -3.81. The minimum absolute atomic E-state index is 0.0441. The van der Waals surface area contributed by atoms with Gasteiger partial charge in [-0.3, -0.25) is 9.69 Å². The number of anilines is 2. The van der Waals surface area contributed by atoms with Gasteiger partial charge < -0.3 is 10.2 Å². The largest absolute Gasteiger partial charge is 0.326 e. The van der Waals surface area contributed by atoms with Gasteiger partial charge in [-0.15, -0.1) is 0 Å². The Morgan fingerprint density at radius 3 is 2.48 bits per heavy atom. The van der Waals surface area contributed by atoms with Gasteiger partial charge in [-0.1, -0.05) is 24.3 Å². The van der Waals surface area contributed by atoms with Crippen LogP contribution in [0.4, 0.5) is 25.1 Å². The van der Waals surface area contributed by atoms with Gasteiger partial charge in [0.1, 0.15) is 17.5 Å². The zero-order valence-electron chi connectivity index (χ0n) is 16.6. The molecular formula is C23H20F2N4O2. The van der Waals surface area contributed by atoms with E-state index in [1.165, 1.54) is 30.5 Å². The Labute approximate surface area is 178 Å². The van der Waals surface area contributed by atoms with E-state index in [1.54, 1.807) is 46.2 Å². The van der Waals surface area contributed by atoms with Crippen molar-refractivity contribution in [1.82, 2.24) is 9.88 Å². The van der Waals surface area contributed by atoms with Crippen LogP contribution < -0.4 is 10.2 Å². The quantitative estimate of drug-likeness (QED) is 0.654. The van der Waals surface area contributed by atoms with Crippen molar-refractivity contribution in [2.45, 2.75) is 13.0 Å². The normalized spacial score (nSPS) is 13.5. The molecule has 0 saturated carbocycles. The molecule has 8 heteroatoms. The molecule has 3 amide bonds. The molecule has 1 fully saturated rings. The number of halogens is 2. The number of urea groups is 1. The third-order valence-corrected chi connectivity index (χ3v) is 4.94. The molecule has 1 aliphatic heterocycles. The number of nitrogens with zero attached hydrogens (tertiary/aromatic N) is 3. The zero-order valence-corrected chi connectivity index (χ0v) is 16.6. The molecule has 1 N–H and O–H groups in total. The van der Waals surface area contributed by atoms with E-state index in [4.69, 9.17) is 0 Å². The van der Waals surface area contributed by atoms with Gasteiger partial charge in [0.05, 0.1) is 18.3 Å². The van der Waals surface area contributed by atoms with Gasteiger partial charge in [0.2, 0.25) is 5.91 Å². The van der Waals surface area contributed by atoms with E-state index in [0.717, 1.165) is 5.56 Å². The minimum Gasteiger partial charge on any atom is -0.324 e. The fourth-order valence-electron chi connectivity index (χ4n) is 3.41. The molecule has 0 bridgehead atoms. The van der Waals surface area contributed by atoms with Crippen LogP contribution in [0.25, 0.3) is 0 Å². The van der Waals surface area contributed by atoms with Gasteiger partial charge in [-0.05, 0) is 47.5 Å². The van der Waals surface area contributed by atoms with Crippen LogP contribution in [-0.2, 0) is 17.8 Å². The van der Waals surface area contributed by atoms with E-state index in [-0.39, 0.29) is 30.0 Å². The molecule has 4 rings (SSSR count). The molecule has 0 radical (unpaired) electrons. The van der Waals surface area contributed by atoms with Crippen LogP contribution in [0.2, 0.25) is 0 Å². The fraction of sp³-hybridized carbons (Fsp3) is 0.174. The van der Waals surface area contributed by atoms with E-state index in [0.29, 0.717) is 36.7 Å². The van der Waals surface area contributed by atoms with Crippen molar-refractivity contribution in [3.05, 3.63) is 89.6 Å². The first-order valence-corrected chi connectivity index (χ1v) is 9.79. The van der Waals surface area contributed by atoms with Crippen molar-refractivity contribution in [3.8, 4) is 0 Å². The summed E-state index contributed by atoms with van der Waals surface area (Å²) >= 11 is 0. The summed E-state index contributed by atoms with van der Waals surface area (Å²) in [4.78, 5) is 32.4. The van der Waals surface area contributed by atoms with Crippen LogP contribution in [0.15, 0.2) is 66.9 Å². The standard InChI is InChI=1S/C23H20F2N4O2/c24-18-6-4-16(5-7-18)15-28-10-11-29(23(28)31)21-9-8-20(14-26-21)27-22(30)13-17-2-1-3-19(25)12-17/h1-9,12,14H,10-11,13,15H2,(H,27,30). The predicted molar refractivity (Wildman–Crippen MR) is 113 cm³/mol. The average Bonchev–Trinajstić information content (AvgIpc) is 3.10. The number of hydrogen-bond acceptors (Lipinski definition) is 3. The number of amides is 3. The van der Waals surface area contributed by atoms with Gasteiger partial charge >= 0.3 is 6.03 Å². The summed E-state index contributed by atoms with van der Waals surface area (Å²) in [6, 6.07) is 15.1. The second kappa shape index (κ2) is 8.91. The van der Waals surface area contributed by atoms with Crippen LogP contribution in [0.5, 0.6) is 0 Å². The molecule has 2 aromatic carbocycles. The van der Waals surface area contributed by atoms with Gasteiger partial charge in [0, 0.05) is 19.6 Å². The maximum atomic E-state index is 13.2. The van der Waals surface area contributed by atoms with Gasteiger partial charge in [-0.2, -0.15) is 0 Å². The van der Waals surface area contributed by atoms with Crippen LogP contribution >= 0.6 is 0 Å². The Morgan fingerprint density at radius 1 is 0.968 bits per heavy atom. The molecule has 1 saturated heterocycles. The van der Waals surface area contributed by atoms with E-state index >= 15 is 0 Å². The Morgan fingerprint density at radius 2 is 1.77 bits per heavy atom. The molecule has 31 heavy (non-hydrogen) atoms.